The molecule has 0 spiro atoms. The number of benzene rings is 1. The molecule has 2 nitrogen and oxygen atoms in total. The first-order valence-corrected chi connectivity index (χ1v) is 6.51. The highest BCUT2D eigenvalue weighted by molar-refractivity contribution is 5.83. The quantitative estimate of drug-likeness (QED) is 0.852. The molecule has 1 fully saturated rings. The van der Waals surface area contributed by atoms with Crippen LogP contribution < -0.4 is 0 Å². The summed E-state index contributed by atoms with van der Waals surface area (Å²) in [6, 6.07) is 7.53. The van der Waals surface area contributed by atoms with Crippen LogP contribution in [0.5, 0.6) is 0 Å². The van der Waals surface area contributed by atoms with E-state index in [1.807, 2.05) is 0 Å². The number of hydrogen-bond donors (Lipinski definition) is 1. The van der Waals surface area contributed by atoms with Gasteiger partial charge in [0.15, 0.2) is 0 Å². The second-order valence-corrected chi connectivity index (χ2v) is 5.32. The molecule has 2 heteroatoms. The predicted molar refractivity (Wildman–Crippen MR) is 72.4 cm³/mol. The predicted octanol–water partition coefficient (Wildman–Crippen LogP) is 3.11. The number of fused-ring (bicyclic) bond motifs is 1. The van der Waals surface area contributed by atoms with Gasteiger partial charge in [0.2, 0.25) is 0 Å². The summed E-state index contributed by atoms with van der Waals surface area (Å²) in [6.07, 6.45) is 6.11. The molecule has 1 aromatic heterocycles. The Kier molecular flexibility index (Phi) is 2.67. The van der Waals surface area contributed by atoms with Gasteiger partial charge in [-0.15, -0.1) is 0 Å². The Morgan fingerprint density at radius 2 is 2.18 bits per heavy atom. The minimum absolute atomic E-state index is 0.863. The SMILES string of the molecule is Cc1ccc2c(CCN(C)C3CC3)c[nH]c2c1. The maximum absolute atomic E-state index is 3.38. The number of H-pyrrole nitrogens is 1. The lowest BCUT2D eigenvalue weighted by Crippen LogP contribution is -2.23. The van der Waals surface area contributed by atoms with Crippen LogP contribution in [0.25, 0.3) is 10.9 Å². The first-order chi connectivity index (χ1) is 8.24. The molecular weight excluding hydrogens is 208 g/mol. The molecule has 0 bridgehead atoms. The number of aromatic amines is 1. The number of nitrogens with zero attached hydrogens (tertiary/aromatic N) is 1. The summed E-state index contributed by atoms with van der Waals surface area (Å²) in [4.78, 5) is 5.87. The third kappa shape index (κ3) is 2.22. The second kappa shape index (κ2) is 4.19. The summed E-state index contributed by atoms with van der Waals surface area (Å²) in [5, 5.41) is 1.39. The lowest BCUT2D eigenvalue weighted by molar-refractivity contribution is 0.329. The molecule has 0 aliphatic heterocycles. The van der Waals surface area contributed by atoms with Gasteiger partial charge in [0.1, 0.15) is 0 Å². The largest absolute Gasteiger partial charge is 0.361 e. The van der Waals surface area contributed by atoms with Gasteiger partial charge in [0.05, 0.1) is 0 Å². The zero-order valence-electron chi connectivity index (χ0n) is 10.7. The van der Waals surface area contributed by atoms with E-state index in [-0.39, 0.29) is 0 Å². The highest BCUT2D eigenvalue weighted by Crippen LogP contribution is 2.26. The molecule has 90 valence electrons. The fourth-order valence-electron chi connectivity index (χ4n) is 2.50. The van der Waals surface area contributed by atoms with Crippen molar-refractivity contribution >= 4 is 10.9 Å². The summed E-state index contributed by atoms with van der Waals surface area (Å²) in [5.41, 5.74) is 4.04. The Morgan fingerprint density at radius 1 is 1.35 bits per heavy atom. The smallest absolute Gasteiger partial charge is 0.0459 e. The van der Waals surface area contributed by atoms with E-state index < -0.39 is 0 Å². The topological polar surface area (TPSA) is 19.0 Å². The average molecular weight is 228 g/mol. The molecule has 3 rings (SSSR count). The summed E-state index contributed by atoms with van der Waals surface area (Å²) in [5.74, 6) is 0. The minimum atomic E-state index is 0.863. The molecule has 0 atom stereocenters. The van der Waals surface area contributed by atoms with E-state index in [9.17, 15) is 0 Å². The standard InChI is InChI=1S/C15H20N2/c1-11-3-6-14-12(10-16-15(14)9-11)7-8-17(2)13-4-5-13/h3,6,9-10,13,16H,4-5,7-8H2,1-2H3. The fourth-order valence-corrected chi connectivity index (χ4v) is 2.50. The van der Waals surface area contributed by atoms with Crippen LogP contribution >= 0.6 is 0 Å². The van der Waals surface area contributed by atoms with E-state index in [2.05, 4.69) is 48.3 Å². The van der Waals surface area contributed by atoms with Gasteiger partial charge in [0.25, 0.3) is 0 Å². The molecule has 1 heterocycles. The molecular formula is C15H20N2. The van der Waals surface area contributed by atoms with Crippen molar-refractivity contribution in [1.29, 1.82) is 0 Å². The third-order valence-electron chi connectivity index (χ3n) is 3.83. The van der Waals surface area contributed by atoms with Crippen molar-refractivity contribution in [2.45, 2.75) is 32.2 Å². The fraction of sp³-hybridized carbons (Fsp3) is 0.467. The Hall–Kier alpha value is -1.28. The first kappa shape index (κ1) is 10.8. The van der Waals surface area contributed by atoms with E-state index in [0.717, 1.165) is 12.5 Å². The number of likely N-dealkylation sites (N-methyl/N-ethyl adjacent to an activating group) is 1. The van der Waals surface area contributed by atoms with Gasteiger partial charge in [-0.2, -0.15) is 0 Å². The highest BCUT2D eigenvalue weighted by Gasteiger charge is 2.25. The van der Waals surface area contributed by atoms with Crippen molar-refractivity contribution in [3.05, 3.63) is 35.5 Å². The van der Waals surface area contributed by atoms with E-state index in [0.29, 0.717) is 0 Å². The molecule has 17 heavy (non-hydrogen) atoms. The van der Waals surface area contributed by atoms with Crippen LogP contribution in [0.15, 0.2) is 24.4 Å². The van der Waals surface area contributed by atoms with Crippen molar-refractivity contribution < 1.29 is 0 Å². The van der Waals surface area contributed by atoms with Crippen LogP contribution in [0.1, 0.15) is 24.0 Å². The number of aromatic nitrogens is 1. The van der Waals surface area contributed by atoms with Crippen LogP contribution in [0, 0.1) is 6.92 Å². The second-order valence-electron chi connectivity index (χ2n) is 5.32. The highest BCUT2D eigenvalue weighted by atomic mass is 15.1. The monoisotopic (exact) mass is 228 g/mol. The van der Waals surface area contributed by atoms with Crippen LogP contribution in [0.3, 0.4) is 0 Å². The number of hydrogen-bond acceptors (Lipinski definition) is 1. The van der Waals surface area contributed by atoms with E-state index in [1.165, 1.54) is 41.4 Å². The Morgan fingerprint density at radius 3 is 2.94 bits per heavy atom. The van der Waals surface area contributed by atoms with Gasteiger partial charge in [0, 0.05) is 29.7 Å². The molecule has 1 saturated carbocycles. The van der Waals surface area contributed by atoms with E-state index >= 15 is 0 Å². The van der Waals surface area contributed by atoms with E-state index in [4.69, 9.17) is 0 Å². The summed E-state index contributed by atoms with van der Waals surface area (Å²) in [7, 11) is 2.25. The van der Waals surface area contributed by atoms with Crippen LogP contribution in [-0.4, -0.2) is 29.5 Å². The Bertz CT molecular complexity index is 523. The zero-order chi connectivity index (χ0) is 11.8. The lowest BCUT2D eigenvalue weighted by Gasteiger charge is -2.14. The molecule has 0 saturated heterocycles. The van der Waals surface area contributed by atoms with Crippen molar-refractivity contribution in [3.63, 3.8) is 0 Å². The van der Waals surface area contributed by atoms with Crippen molar-refractivity contribution in [3.8, 4) is 0 Å². The number of rotatable bonds is 4. The molecule has 2 aromatic rings. The van der Waals surface area contributed by atoms with Gasteiger partial charge < -0.3 is 9.88 Å². The molecule has 1 aliphatic carbocycles. The lowest BCUT2D eigenvalue weighted by atomic mass is 10.1. The molecule has 1 aliphatic rings. The molecule has 1 N–H and O–H groups in total. The summed E-state index contributed by atoms with van der Waals surface area (Å²) < 4.78 is 0. The summed E-state index contributed by atoms with van der Waals surface area (Å²) >= 11 is 0. The number of aryl methyl sites for hydroxylation is 1. The Balaban J connectivity index is 1.76. The maximum atomic E-state index is 3.38. The maximum Gasteiger partial charge on any atom is 0.0459 e. The van der Waals surface area contributed by atoms with Gasteiger partial charge in [-0.25, -0.2) is 0 Å². The average Bonchev–Trinajstić information content (AvgIpc) is 3.08. The van der Waals surface area contributed by atoms with Gasteiger partial charge >= 0.3 is 0 Å². The minimum Gasteiger partial charge on any atom is -0.361 e. The van der Waals surface area contributed by atoms with Crippen LogP contribution in [0.2, 0.25) is 0 Å². The van der Waals surface area contributed by atoms with Crippen LogP contribution in [0.4, 0.5) is 0 Å². The zero-order valence-corrected chi connectivity index (χ0v) is 10.7. The van der Waals surface area contributed by atoms with Crippen molar-refractivity contribution in [2.75, 3.05) is 13.6 Å². The van der Waals surface area contributed by atoms with Gasteiger partial charge in [-0.05, 0) is 50.4 Å². The third-order valence-corrected chi connectivity index (χ3v) is 3.83. The molecule has 0 unspecified atom stereocenters. The normalized spacial score (nSPS) is 15.9. The molecule has 0 radical (unpaired) electrons. The summed E-state index contributed by atoms with van der Waals surface area (Å²) in [6.45, 7) is 3.31. The van der Waals surface area contributed by atoms with Gasteiger partial charge in [-0.3, -0.25) is 0 Å². The van der Waals surface area contributed by atoms with Gasteiger partial charge in [-0.1, -0.05) is 12.1 Å². The number of nitrogens with one attached hydrogen (secondary N) is 1. The Labute approximate surface area is 103 Å². The molecule has 0 amide bonds. The molecule has 1 aromatic carbocycles. The van der Waals surface area contributed by atoms with Crippen molar-refractivity contribution in [2.24, 2.45) is 0 Å². The van der Waals surface area contributed by atoms with Crippen molar-refractivity contribution in [1.82, 2.24) is 9.88 Å². The first-order valence-electron chi connectivity index (χ1n) is 6.51. The van der Waals surface area contributed by atoms with E-state index in [1.54, 1.807) is 0 Å². The van der Waals surface area contributed by atoms with Crippen LogP contribution in [-0.2, 0) is 6.42 Å².